The average Bonchev–Trinajstić information content (AvgIpc) is 3.21. The minimum Gasteiger partial charge on any atom is -0.339 e. The standard InChI is InChI=1S/C18H13FINOS2/c1-2-5-21-13-7-15(11-4-3-10(9-22)6-12(11)19)23-17(13)18-14(21)8-16(20)24-18/h3-4,6-9H,2,5H2,1H3. The van der Waals surface area contributed by atoms with Crippen molar-refractivity contribution in [2.24, 2.45) is 0 Å². The molecule has 2 nitrogen and oxygen atoms in total. The Kier molecular flexibility index (Phi) is 4.22. The number of thiophene rings is 2. The Morgan fingerprint density at radius 2 is 1.92 bits per heavy atom. The first kappa shape index (κ1) is 16.2. The average molecular weight is 469 g/mol. The number of benzene rings is 1. The molecule has 24 heavy (non-hydrogen) atoms. The van der Waals surface area contributed by atoms with Crippen molar-refractivity contribution in [2.75, 3.05) is 0 Å². The van der Waals surface area contributed by atoms with Crippen molar-refractivity contribution in [3.8, 4) is 10.4 Å². The van der Waals surface area contributed by atoms with Gasteiger partial charge >= 0.3 is 0 Å². The van der Waals surface area contributed by atoms with Crippen LogP contribution in [0.2, 0.25) is 0 Å². The zero-order valence-electron chi connectivity index (χ0n) is 12.8. The Labute approximate surface area is 160 Å². The number of aryl methyl sites for hydroxylation is 1. The van der Waals surface area contributed by atoms with Gasteiger partial charge in [0.25, 0.3) is 0 Å². The Bertz CT molecular complexity index is 1080. The largest absolute Gasteiger partial charge is 0.339 e. The van der Waals surface area contributed by atoms with E-state index in [4.69, 9.17) is 0 Å². The minimum absolute atomic E-state index is 0.345. The van der Waals surface area contributed by atoms with Crippen molar-refractivity contribution < 1.29 is 9.18 Å². The lowest BCUT2D eigenvalue weighted by molar-refractivity contribution is 0.112. The van der Waals surface area contributed by atoms with Crippen molar-refractivity contribution in [1.82, 2.24) is 4.57 Å². The topological polar surface area (TPSA) is 22.0 Å². The summed E-state index contributed by atoms with van der Waals surface area (Å²) in [5.74, 6) is -0.345. The maximum Gasteiger partial charge on any atom is 0.150 e. The number of carbonyl (C=O) groups is 1. The van der Waals surface area contributed by atoms with E-state index in [9.17, 15) is 9.18 Å². The molecule has 0 spiro atoms. The number of hydrogen-bond donors (Lipinski definition) is 0. The summed E-state index contributed by atoms with van der Waals surface area (Å²) in [6.45, 7) is 3.12. The van der Waals surface area contributed by atoms with E-state index in [0.717, 1.165) is 17.8 Å². The lowest BCUT2D eigenvalue weighted by atomic mass is 10.1. The molecule has 0 unspecified atom stereocenters. The van der Waals surface area contributed by atoms with Gasteiger partial charge in [-0.25, -0.2) is 4.39 Å². The number of hydrogen-bond acceptors (Lipinski definition) is 3. The SMILES string of the molecule is CCCn1c2cc(I)sc2c2sc(-c3ccc(C=O)cc3F)cc21. The third-order valence-electron chi connectivity index (χ3n) is 4.02. The summed E-state index contributed by atoms with van der Waals surface area (Å²) in [7, 11) is 0. The molecule has 0 aliphatic heterocycles. The quantitative estimate of drug-likeness (QED) is 0.245. The zero-order valence-corrected chi connectivity index (χ0v) is 16.6. The van der Waals surface area contributed by atoms with Gasteiger partial charge in [0.1, 0.15) is 12.1 Å². The molecule has 0 bridgehead atoms. The second-order valence-corrected chi connectivity index (χ2v) is 9.60. The highest BCUT2D eigenvalue weighted by Crippen LogP contribution is 2.43. The molecule has 0 amide bonds. The van der Waals surface area contributed by atoms with Crippen LogP contribution in [-0.2, 0) is 6.54 Å². The molecule has 0 saturated carbocycles. The van der Waals surface area contributed by atoms with Gasteiger partial charge in [-0.05, 0) is 53.3 Å². The summed E-state index contributed by atoms with van der Waals surface area (Å²) in [6.07, 6.45) is 1.73. The van der Waals surface area contributed by atoms with Gasteiger partial charge in [0.05, 0.1) is 23.3 Å². The third-order valence-corrected chi connectivity index (χ3v) is 7.23. The molecule has 3 heterocycles. The molecule has 4 aromatic rings. The fourth-order valence-electron chi connectivity index (χ4n) is 2.99. The first-order chi connectivity index (χ1) is 11.6. The van der Waals surface area contributed by atoms with E-state index in [1.165, 1.54) is 29.4 Å². The second kappa shape index (κ2) is 6.24. The van der Waals surface area contributed by atoms with Gasteiger partial charge in [0.2, 0.25) is 0 Å². The van der Waals surface area contributed by atoms with E-state index in [0.29, 0.717) is 17.4 Å². The van der Waals surface area contributed by atoms with Crippen molar-refractivity contribution in [3.05, 3.63) is 44.6 Å². The third kappa shape index (κ3) is 2.51. The summed E-state index contributed by atoms with van der Waals surface area (Å²) in [6, 6.07) is 8.97. The molecule has 1 aromatic carbocycles. The van der Waals surface area contributed by atoms with Gasteiger partial charge in [-0.15, -0.1) is 22.7 Å². The van der Waals surface area contributed by atoms with Crippen LogP contribution in [0.15, 0.2) is 30.3 Å². The van der Waals surface area contributed by atoms with Crippen LogP contribution >= 0.6 is 45.3 Å². The molecule has 0 aliphatic rings. The van der Waals surface area contributed by atoms with Gasteiger partial charge in [0, 0.05) is 22.5 Å². The molecule has 0 atom stereocenters. The normalized spacial score (nSPS) is 11.6. The maximum absolute atomic E-state index is 14.4. The monoisotopic (exact) mass is 469 g/mol. The smallest absolute Gasteiger partial charge is 0.150 e. The molecule has 0 saturated heterocycles. The summed E-state index contributed by atoms with van der Waals surface area (Å²) < 4.78 is 20.5. The Morgan fingerprint density at radius 1 is 1.17 bits per heavy atom. The molecule has 0 aliphatic carbocycles. The van der Waals surface area contributed by atoms with Crippen LogP contribution < -0.4 is 0 Å². The molecule has 3 aromatic heterocycles. The van der Waals surface area contributed by atoms with Crippen LogP contribution in [0, 0.1) is 8.70 Å². The first-order valence-electron chi connectivity index (χ1n) is 7.58. The molecule has 0 radical (unpaired) electrons. The van der Waals surface area contributed by atoms with Crippen LogP contribution in [0.25, 0.3) is 30.9 Å². The number of carbonyl (C=O) groups excluding carboxylic acids is 1. The Balaban J connectivity index is 1.95. The van der Waals surface area contributed by atoms with Crippen molar-refractivity contribution in [3.63, 3.8) is 0 Å². The molecular formula is C18H13FINOS2. The van der Waals surface area contributed by atoms with E-state index >= 15 is 0 Å². The summed E-state index contributed by atoms with van der Waals surface area (Å²) in [4.78, 5) is 11.7. The van der Waals surface area contributed by atoms with Gasteiger partial charge in [0.15, 0.2) is 0 Å². The number of halogens is 2. The molecule has 6 heteroatoms. The molecule has 4 rings (SSSR count). The van der Waals surface area contributed by atoms with Crippen molar-refractivity contribution in [1.29, 1.82) is 0 Å². The number of aromatic nitrogens is 1. The Hall–Kier alpha value is -1.25. The first-order valence-corrected chi connectivity index (χ1v) is 10.3. The van der Waals surface area contributed by atoms with Crippen molar-refractivity contribution in [2.45, 2.75) is 19.9 Å². The van der Waals surface area contributed by atoms with Crippen LogP contribution in [0.1, 0.15) is 23.7 Å². The molecule has 0 fully saturated rings. The fraction of sp³-hybridized carbons (Fsp3) is 0.167. The second-order valence-electron chi connectivity index (χ2n) is 5.60. The van der Waals surface area contributed by atoms with Crippen molar-refractivity contribution >= 4 is 72.0 Å². The van der Waals surface area contributed by atoms with E-state index in [2.05, 4.69) is 46.2 Å². The van der Waals surface area contributed by atoms with Gasteiger partial charge in [-0.1, -0.05) is 13.0 Å². The predicted molar refractivity (Wildman–Crippen MR) is 109 cm³/mol. The molecule has 122 valence electrons. The number of nitrogens with zero attached hydrogens (tertiary/aromatic N) is 1. The zero-order chi connectivity index (χ0) is 16.8. The van der Waals surface area contributed by atoms with Gasteiger partial charge in [-0.3, -0.25) is 4.79 Å². The van der Waals surface area contributed by atoms with Gasteiger partial charge in [-0.2, -0.15) is 0 Å². The molecular weight excluding hydrogens is 456 g/mol. The highest BCUT2D eigenvalue weighted by Gasteiger charge is 2.18. The van der Waals surface area contributed by atoms with E-state index < -0.39 is 0 Å². The summed E-state index contributed by atoms with van der Waals surface area (Å²) in [5.41, 5.74) is 3.37. The van der Waals surface area contributed by atoms with E-state index in [-0.39, 0.29) is 5.82 Å². The minimum atomic E-state index is -0.345. The highest BCUT2D eigenvalue weighted by molar-refractivity contribution is 14.1. The van der Waals surface area contributed by atoms with Gasteiger partial charge < -0.3 is 4.57 Å². The number of rotatable bonds is 4. The predicted octanol–water partition coefficient (Wildman–Crippen LogP) is 6.55. The lowest BCUT2D eigenvalue weighted by Gasteiger charge is -2.03. The lowest BCUT2D eigenvalue weighted by Crippen LogP contribution is -1.94. The van der Waals surface area contributed by atoms with Crippen LogP contribution in [-0.4, -0.2) is 10.9 Å². The summed E-state index contributed by atoms with van der Waals surface area (Å²) >= 11 is 5.76. The summed E-state index contributed by atoms with van der Waals surface area (Å²) in [5, 5.41) is 0. The highest BCUT2D eigenvalue weighted by atomic mass is 127. The van der Waals surface area contributed by atoms with Crippen LogP contribution in [0.4, 0.5) is 4.39 Å². The number of fused-ring (bicyclic) bond motifs is 3. The molecule has 0 N–H and O–H groups in total. The maximum atomic E-state index is 14.4. The van der Waals surface area contributed by atoms with E-state index in [1.807, 2.05) is 0 Å². The number of aldehydes is 1. The fourth-order valence-corrected chi connectivity index (χ4v) is 6.17. The van der Waals surface area contributed by atoms with Crippen LogP contribution in [0.5, 0.6) is 0 Å². The Morgan fingerprint density at radius 3 is 2.62 bits per heavy atom. The van der Waals surface area contributed by atoms with Crippen LogP contribution in [0.3, 0.4) is 0 Å². The van der Waals surface area contributed by atoms with E-state index in [1.54, 1.807) is 34.8 Å².